The molecule has 0 amide bonds. The third kappa shape index (κ3) is 4.51. The van der Waals surface area contributed by atoms with Crippen LogP contribution in [0.4, 0.5) is 5.69 Å². The van der Waals surface area contributed by atoms with Gasteiger partial charge in [0, 0.05) is 22.9 Å². The van der Waals surface area contributed by atoms with Crippen molar-refractivity contribution < 1.29 is 13.3 Å². The van der Waals surface area contributed by atoms with Crippen LogP contribution in [0.25, 0.3) is 0 Å². The number of hydrogen-bond acceptors (Lipinski definition) is 5. The van der Waals surface area contributed by atoms with Crippen LogP contribution in [0, 0.1) is 10.1 Å². The van der Waals surface area contributed by atoms with Crippen LogP contribution in [-0.2, 0) is 8.87 Å². The van der Waals surface area contributed by atoms with E-state index in [2.05, 4.69) is 0 Å². The molecule has 0 aliphatic carbocycles. The van der Waals surface area contributed by atoms with E-state index in [9.17, 15) is 18.5 Å². The predicted octanol–water partition coefficient (Wildman–Crippen LogP) is 3.34. The second-order valence-corrected chi connectivity index (χ2v) is 9.67. The highest BCUT2D eigenvalue weighted by molar-refractivity contribution is 8.73. The lowest BCUT2D eigenvalue weighted by Gasteiger charge is -2.09. The molecule has 0 fully saturated rings. The van der Waals surface area contributed by atoms with Gasteiger partial charge in [-0.3, -0.25) is 10.1 Å². The number of rotatable bonds is 3. The number of alkyl halides is 3. The standard InChI is InChI=1S/C7H4Cl3NO4S2/c8-7(9,10)16-17(14,15)6-3-1-2-5(4-6)11(12)13/h1-4H. The molecule has 0 saturated heterocycles. The molecule has 0 heterocycles. The number of nitrogens with zero attached hydrogens (tertiary/aromatic N) is 1. The Morgan fingerprint density at radius 3 is 2.35 bits per heavy atom. The molecule has 0 saturated carbocycles. The molecule has 1 rings (SSSR count). The van der Waals surface area contributed by atoms with E-state index < -0.39 is 16.9 Å². The lowest BCUT2D eigenvalue weighted by molar-refractivity contribution is -0.385. The van der Waals surface area contributed by atoms with Gasteiger partial charge in [-0.1, -0.05) is 40.9 Å². The zero-order chi connectivity index (χ0) is 13.3. The molecule has 5 nitrogen and oxygen atoms in total. The van der Waals surface area contributed by atoms with Gasteiger partial charge in [0.15, 0.2) is 0 Å². The summed E-state index contributed by atoms with van der Waals surface area (Å²) in [5, 5.41) is 10.5. The van der Waals surface area contributed by atoms with E-state index in [0.717, 1.165) is 6.07 Å². The molecule has 0 atom stereocenters. The second-order valence-electron chi connectivity index (χ2n) is 2.74. The van der Waals surface area contributed by atoms with Crippen LogP contribution in [0.1, 0.15) is 0 Å². The Kier molecular flexibility index (Phi) is 4.54. The van der Waals surface area contributed by atoms with Gasteiger partial charge in [-0.25, -0.2) is 8.42 Å². The van der Waals surface area contributed by atoms with Crippen LogP contribution < -0.4 is 0 Å². The summed E-state index contributed by atoms with van der Waals surface area (Å²) in [5.74, 6) is 0. The number of hydrogen-bond donors (Lipinski definition) is 0. The van der Waals surface area contributed by atoms with Crippen molar-refractivity contribution in [2.24, 2.45) is 0 Å². The smallest absolute Gasteiger partial charge is 0.258 e. The molecule has 0 N–H and O–H groups in total. The summed E-state index contributed by atoms with van der Waals surface area (Å²) in [6, 6.07) is 4.49. The van der Waals surface area contributed by atoms with Crippen LogP contribution in [0.3, 0.4) is 0 Å². The van der Waals surface area contributed by atoms with Crippen LogP contribution in [0.5, 0.6) is 0 Å². The Labute approximate surface area is 116 Å². The second kappa shape index (κ2) is 5.19. The molecule has 0 aromatic heterocycles. The molecule has 0 spiro atoms. The molecule has 0 bridgehead atoms. The summed E-state index contributed by atoms with van der Waals surface area (Å²) in [4.78, 5) is 9.49. The minimum Gasteiger partial charge on any atom is -0.258 e. The van der Waals surface area contributed by atoms with E-state index in [0.29, 0.717) is 0 Å². The topological polar surface area (TPSA) is 77.3 Å². The fourth-order valence-corrected chi connectivity index (χ4v) is 5.37. The van der Waals surface area contributed by atoms with Gasteiger partial charge in [0.1, 0.15) is 0 Å². The number of halogens is 3. The molecule has 10 heteroatoms. The summed E-state index contributed by atoms with van der Waals surface area (Å²) >= 11 is 16.1. The maximum atomic E-state index is 11.7. The van der Waals surface area contributed by atoms with Crippen LogP contribution in [0.2, 0.25) is 0 Å². The summed E-state index contributed by atoms with van der Waals surface area (Å²) < 4.78 is 21.4. The Balaban J connectivity index is 3.16. The van der Waals surface area contributed by atoms with Gasteiger partial charge in [0.25, 0.3) is 8.81 Å². The molecule has 0 aliphatic rings. The molecule has 0 radical (unpaired) electrons. The molecule has 0 unspecified atom stereocenters. The number of nitro benzene ring substituents is 1. The van der Waals surface area contributed by atoms with Crippen molar-refractivity contribution in [2.45, 2.75) is 8.02 Å². The fraction of sp³-hybridized carbons (Fsp3) is 0.143. The minimum atomic E-state index is -3.96. The van der Waals surface area contributed by atoms with E-state index in [1.165, 1.54) is 18.2 Å². The van der Waals surface area contributed by atoms with Gasteiger partial charge in [0.2, 0.25) is 8.87 Å². The van der Waals surface area contributed by atoms with Crippen molar-refractivity contribution in [2.75, 3.05) is 0 Å². The molecule has 94 valence electrons. The summed E-state index contributed by atoms with van der Waals surface area (Å²) in [7, 11) is -3.88. The molecule has 0 aliphatic heterocycles. The zero-order valence-corrected chi connectivity index (χ0v) is 11.7. The van der Waals surface area contributed by atoms with Gasteiger partial charge in [-0.15, -0.1) is 0 Å². The average molecular weight is 337 g/mol. The van der Waals surface area contributed by atoms with Gasteiger partial charge in [-0.05, 0) is 6.07 Å². The van der Waals surface area contributed by atoms with Crippen molar-refractivity contribution in [3.63, 3.8) is 0 Å². The zero-order valence-electron chi connectivity index (χ0n) is 7.84. The Morgan fingerprint density at radius 2 is 1.88 bits per heavy atom. The Morgan fingerprint density at radius 1 is 1.29 bits per heavy atom. The van der Waals surface area contributed by atoms with Gasteiger partial charge < -0.3 is 0 Å². The van der Waals surface area contributed by atoms with Crippen molar-refractivity contribution in [3.05, 3.63) is 34.4 Å². The van der Waals surface area contributed by atoms with E-state index in [1.54, 1.807) is 0 Å². The van der Waals surface area contributed by atoms with Gasteiger partial charge >= 0.3 is 0 Å². The van der Waals surface area contributed by atoms with Gasteiger partial charge in [0.05, 0.1) is 9.82 Å². The van der Waals surface area contributed by atoms with Crippen LogP contribution >= 0.6 is 45.6 Å². The average Bonchev–Trinajstić information content (AvgIpc) is 2.14. The number of nitro groups is 1. The third-order valence-corrected chi connectivity index (χ3v) is 6.26. The summed E-state index contributed by atoms with van der Waals surface area (Å²) in [5.41, 5.74) is -0.351. The SMILES string of the molecule is O=[N+]([O-])c1cccc(S(=O)(=O)SC(Cl)(Cl)Cl)c1. The maximum absolute atomic E-state index is 11.7. The van der Waals surface area contributed by atoms with Crippen molar-refractivity contribution in [3.8, 4) is 0 Å². The van der Waals surface area contributed by atoms with E-state index in [1.807, 2.05) is 0 Å². The largest absolute Gasteiger partial charge is 0.270 e. The van der Waals surface area contributed by atoms with E-state index in [4.69, 9.17) is 34.8 Å². The Bertz CT molecular complexity index is 540. The third-order valence-electron chi connectivity index (χ3n) is 1.52. The minimum absolute atomic E-state index is 0.0785. The lowest BCUT2D eigenvalue weighted by atomic mass is 10.3. The normalized spacial score (nSPS) is 12.4. The van der Waals surface area contributed by atoms with Crippen molar-refractivity contribution in [1.29, 1.82) is 0 Å². The van der Waals surface area contributed by atoms with Crippen molar-refractivity contribution in [1.82, 2.24) is 0 Å². The highest BCUT2D eigenvalue weighted by Gasteiger charge is 2.31. The van der Waals surface area contributed by atoms with Crippen LogP contribution in [0.15, 0.2) is 29.2 Å². The molecule has 1 aromatic rings. The van der Waals surface area contributed by atoms with Gasteiger partial charge in [-0.2, -0.15) is 0 Å². The number of non-ortho nitro benzene ring substituents is 1. The van der Waals surface area contributed by atoms with E-state index >= 15 is 0 Å². The highest BCUT2D eigenvalue weighted by Crippen LogP contribution is 2.45. The first-order chi connectivity index (χ1) is 7.62. The molecule has 1 aromatic carbocycles. The first kappa shape index (κ1) is 14.8. The molecule has 17 heavy (non-hydrogen) atoms. The van der Waals surface area contributed by atoms with Crippen LogP contribution in [-0.4, -0.2) is 16.5 Å². The first-order valence-electron chi connectivity index (χ1n) is 3.89. The number of benzene rings is 1. The first-order valence-corrected chi connectivity index (χ1v) is 7.84. The summed E-state index contributed by atoms with van der Waals surface area (Å²) in [6.45, 7) is 0. The summed E-state index contributed by atoms with van der Waals surface area (Å²) in [6.07, 6.45) is 0. The highest BCUT2D eigenvalue weighted by atomic mass is 35.6. The molecular weight excluding hydrogens is 333 g/mol. The predicted molar refractivity (Wildman–Crippen MR) is 68.2 cm³/mol. The monoisotopic (exact) mass is 335 g/mol. The Hall–Kier alpha value is -0.210. The lowest BCUT2D eigenvalue weighted by Crippen LogP contribution is -2.04. The maximum Gasteiger partial charge on any atom is 0.270 e. The van der Waals surface area contributed by atoms with Crippen molar-refractivity contribution >= 4 is 60.2 Å². The molecular formula is C7H4Cl3NO4S2. The van der Waals surface area contributed by atoms with E-state index in [-0.39, 0.29) is 21.4 Å². The quantitative estimate of drug-likeness (QED) is 0.366. The fourth-order valence-electron chi connectivity index (χ4n) is 0.925.